The lowest BCUT2D eigenvalue weighted by atomic mass is 9.94. The van der Waals surface area contributed by atoms with Crippen LogP contribution in [0.3, 0.4) is 0 Å². The minimum Gasteiger partial charge on any atom is -0.508 e. The summed E-state index contributed by atoms with van der Waals surface area (Å²) in [6, 6.07) is 11.6. The van der Waals surface area contributed by atoms with Gasteiger partial charge in [0.05, 0.1) is 5.69 Å². The molecule has 1 heterocycles. The molecule has 1 aliphatic heterocycles. The van der Waals surface area contributed by atoms with Gasteiger partial charge < -0.3 is 10.4 Å². The molecule has 0 aliphatic carbocycles. The van der Waals surface area contributed by atoms with Crippen molar-refractivity contribution in [3.05, 3.63) is 53.6 Å². The molecule has 1 aliphatic rings. The number of fused-ring (bicyclic) bond motifs is 1. The zero-order valence-corrected chi connectivity index (χ0v) is 10.6. The molecule has 5 heteroatoms. The molecule has 2 aromatic carbocycles. The fraction of sp³-hybridized carbons (Fsp3) is 0.0667. The summed E-state index contributed by atoms with van der Waals surface area (Å²) in [6.45, 7) is 0. The summed E-state index contributed by atoms with van der Waals surface area (Å²) in [4.78, 5) is 16.4. The number of amidine groups is 1. The lowest BCUT2D eigenvalue weighted by Gasteiger charge is -2.04. The minimum absolute atomic E-state index is 0.127. The van der Waals surface area contributed by atoms with Crippen LogP contribution in [0.5, 0.6) is 5.75 Å². The number of carbonyl (C=O) groups excluding carboxylic acids is 1. The highest BCUT2D eigenvalue weighted by molar-refractivity contribution is 6.32. The van der Waals surface area contributed by atoms with E-state index < -0.39 is 0 Å². The highest BCUT2D eigenvalue weighted by Gasteiger charge is 2.17. The van der Waals surface area contributed by atoms with Gasteiger partial charge in [-0.25, -0.2) is 4.99 Å². The molecule has 0 spiro atoms. The van der Waals surface area contributed by atoms with E-state index in [1.807, 2.05) is 12.1 Å². The van der Waals surface area contributed by atoms with E-state index in [0.717, 1.165) is 11.3 Å². The number of benzene rings is 2. The number of rotatable bonds is 1. The van der Waals surface area contributed by atoms with Gasteiger partial charge in [0.2, 0.25) is 0 Å². The van der Waals surface area contributed by atoms with Gasteiger partial charge in [-0.1, -0.05) is 17.6 Å². The highest BCUT2D eigenvalue weighted by atomic mass is 16.3. The van der Waals surface area contributed by atoms with Crippen LogP contribution >= 0.6 is 0 Å². The van der Waals surface area contributed by atoms with E-state index in [0.29, 0.717) is 23.3 Å². The molecule has 4 nitrogen and oxygen atoms in total. The van der Waals surface area contributed by atoms with Crippen molar-refractivity contribution in [2.45, 2.75) is 6.42 Å². The van der Waals surface area contributed by atoms with Gasteiger partial charge in [-0.3, -0.25) is 4.79 Å². The van der Waals surface area contributed by atoms with Crippen LogP contribution in [0.25, 0.3) is 0 Å². The molecule has 0 saturated carbocycles. The third-order valence-corrected chi connectivity index (χ3v) is 3.11. The summed E-state index contributed by atoms with van der Waals surface area (Å²) < 4.78 is 0. The van der Waals surface area contributed by atoms with E-state index in [-0.39, 0.29) is 11.7 Å². The van der Waals surface area contributed by atoms with Crippen molar-refractivity contribution in [3.8, 4) is 5.75 Å². The maximum absolute atomic E-state index is 12.0. The smallest absolute Gasteiger partial charge is 0.256 e. The van der Waals surface area contributed by atoms with Crippen LogP contribution in [0.1, 0.15) is 15.9 Å². The number of carbonyl (C=O) groups is 1. The number of hydrogen-bond acceptors (Lipinski definition) is 3. The second-order valence-corrected chi connectivity index (χ2v) is 4.62. The Morgan fingerprint density at radius 2 is 1.95 bits per heavy atom. The van der Waals surface area contributed by atoms with Gasteiger partial charge in [-0.15, -0.1) is 0 Å². The van der Waals surface area contributed by atoms with Gasteiger partial charge in [-0.05, 0) is 35.9 Å². The maximum atomic E-state index is 12.0. The van der Waals surface area contributed by atoms with Crippen molar-refractivity contribution < 1.29 is 9.90 Å². The van der Waals surface area contributed by atoms with Crippen molar-refractivity contribution in [2.24, 2.45) is 4.99 Å². The number of phenolic OH excluding ortho intramolecular Hbond substituents is 1. The van der Waals surface area contributed by atoms with Gasteiger partial charge in [-0.2, -0.15) is 0 Å². The topological polar surface area (TPSA) is 61.7 Å². The van der Waals surface area contributed by atoms with Crippen molar-refractivity contribution in [3.63, 3.8) is 0 Å². The Bertz CT molecular complexity index is 708. The zero-order chi connectivity index (χ0) is 14.1. The Hall–Kier alpha value is -2.56. The first-order valence-corrected chi connectivity index (χ1v) is 6.18. The van der Waals surface area contributed by atoms with Crippen LogP contribution in [0.2, 0.25) is 0 Å². The molecule has 0 atom stereocenters. The molecular formula is C15H11BN2O2. The summed E-state index contributed by atoms with van der Waals surface area (Å²) in [5.74, 6) is 0.482. The number of aromatic hydroxyl groups is 1. The maximum Gasteiger partial charge on any atom is 0.256 e. The fourth-order valence-corrected chi connectivity index (χ4v) is 2.09. The van der Waals surface area contributed by atoms with E-state index >= 15 is 0 Å². The van der Waals surface area contributed by atoms with Crippen molar-refractivity contribution in [1.29, 1.82) is 0 Å². The fourth-order valence-electron chi connectivity index (χ4n) is 2.09. The molecule has 1 amide bonds. The van der Waals surface area contributed by atoms with Gasteiger partial charge in [0.15, 0.2) is 0 Å². The first kappa shape index (κ1) is 12.5. The SMILES string of the molecule is [B]c1ccc2c(c1)N=C(NC(=O)c1ccc(O)cc1)C2. The largest absolute Gasteiger partial charge is 0.508 e. The minimum atomic E-state index is -0.246. The Balaban J connectivity index is 1.75. The number of aliphatic imine (C=N–C) groups is 1. The summed E-state index contributed by atoms with van der Waals surface area (Å²) in [5.41, 5.74) is 2.96. The van der Waals surface area contributed by atoms with Gasteiger partial charge in [0, 0.05) is 12.0 Å². The molecule has 2 radical (unpaired) electrons. The van der Waals surface area contributed by atoms with Crippen LogP contribution in [0.4, 0.5) is 5.69 Å². The first-order chi connectivity index (χ1) is 9.61. The molecule has 3 rings (SSSR count). The van der Waals surface area contributed by atoms with Crippen molar-refractivity contribution >= 4 is 30.7 Å². The third kappa shape index (κ3) is 2.43. The molecule has 2 N–H and O–H groups in total. The average Bonchev–Trinajstić information content (AvgIpc) is 2.80. The standard InChI is InChI=1S/C15H11BN2O2/c16-11-4-1-10-7-14(17-13(10)8-11)18-15(20)9-2-5-12(19)6-3-9/h1-6,8,19H,7H2,(H,17,18,20). The Morgan fingerprint density at radius 3 is 2.70 bits per heavy atom. The van der Waals surface area contributed by atoms with Gasteiger partial charge >= 0.3 is 0 Å². The van der Waals surface area contributed by atoms with Crippen molar-refractivity contribution in [2.75, 3.05) is 0 Å². The summed E-state index contributed by atoms with van der Waals surface area (Å²) in [6.07, 6.45) is 0.583. The van der Waals surface area contributed by atoms with Gasteiger partial charge in [0.1, 0.15) is 19.4 Å². The van der Waals surface area contributed by atoms with Gasteiger partial charge in [0.25, 0.3) is 5.91 Å². The van der Waals surface area contributed by atoms with E-state index in [1.165, 1.54) is 12.1 Å². The number of amides is 1. The highest BCUT2D eigenvalue weighted by Crippen LogP contribution is 2.24. The first-order valence-electron chi connectivity index (χ1n) is 6.18. The van der Waals surface area contributed by atoms with Crippen LogP contribution < -0.4 is 10.8 Å². The predicted molar refractivity (Wildman–Crippen MR) is 78.2 cm³/mol. The predicted octanol–water partition coefficient (Wildman–Crippen LogP) is 1.20. The summed E-state index contributed by atoms with van der Waals surface area (Å²) >= 11 is 0. The van der Waals surface area contributed by atoms with E-state index in [4.69, 9.17) is 7.85 Å². The van der Waals surface area contributed by atoms with Crippen LogP contribution in [0, 0.1) is 0 Å². The van der Waals surface area contributed by atoms with Crippen LogP contribution in [-0.4, -0.2) is 24.7 Å². The summed E-state index contributed by atoms with van der Waals surface area (Å²) in [7, 11) is 5.70. The molecule has 0 aromatic heterocycles. The van der Waals surface area contributed by atoms with E-state index in [2.05, 4.69) is 10.3 Å². The number of hydrogen-bond donors (Lipinski definition) is 2. The van der Waals surface area contributed by atoms with E-state index in [1.54, 1.807) is 18.2 Å². The van der Waals surface area contributed by atoms with Crippen LogP contribution in [-0.2, 0) is 6.42 Å². The Morgan fingerprint density at radius 1 is 1.20 bits per heavy atom. The van der Waals surface area contributed by atoms with E-state index in [9.17, 15) is 9.90 Å². The monoisotopic (exact) mass is 262 g/mol. The molecule has 0 fully saturated rings. The molecule has 0 bridgehead atoms. The number of phenols is 1. The Labute approximate surface area is 117 Å². The normalized spacial score (nSPS) is 12.7. The molecule has 0 saturated heterocycles. The molecule has 96 valence electrons. The molecule has 20 heavy (non-hydrogen) atoms. The lowest BCUT2D eigenvalue weighted by Crippen LogP contribution is -2.30. The second kappa shape index (κ2) is 4.85. The number of nitrogens with one attached hydrogen (secondary N) is 1. The molecule has 0 unspecified atom stereocenters. The lowest BCUT2D eigenvalue weighted by molar-refractivity contribution is 0.0976. The second-order valence-electron chi connectivity index (χ2n) is 4.62. The van der Waals surface area contributed by atoms with Crippen LogP contribution in [0.15, 0.2) is 47.5 Å². The summed E-state index contributed by atoms with van der Waals surface area (Å²) in [5, 5.41) is 12.0. The zero-order valence-electron chi connectivity index (χ0n) is 10.6. The quantitative estimate of drug-likeness (QED) is 0.758. The van der Waals surface area contributed by atoms with Crippen molar-refractivity contribution in [1.82, 2.24) is 5.32 Å². The molecule has 2 aromatic rings. The third-order valence-electron chi connectivity index (χ3n) is 3.11. The Kier molecular flexibility index (Phi) is 3.02. The molecular weight excluding hydrogens is 251 g/mol. The number of nitrogens with zero attached hydrogens (tertiary/aromatic N) is 1. The average molecular weight is 262 g/mol.